The van der Waals surface area contributed by atoms with Crippen LogP contribution in [0.15, 0.2) is 40.9 Å². The van der Waals surface area contributed by atoms with Gasteiger partial charge in [-0.15, -0.1) is 0 Å². The van der Waals surface area contributed by atoms with Gasteiger partial charge in [0.2, 0.25) is 0 Å². The first-order valence-corrected chi connectivity index (χ1v) is 6.40. The van der Waals surface area contributed by atoms with Crippen LogP contribution in [-0.4, -0.2) is 13.0 Å². The maximum absolute atomic E-state index is 13.5. The van der Waals surface area contributed by atoms with Gasteiger partial charge in [0, 0.05) is 10.0 Å². The van der Waals surface area contributed by atoms with Crippen LogP contribution in [0.3, 0.4) is 0 Å². The zero-order valence-corrected chi connectivity index (χ0v) is 12.0. The summed E-state index contributed by atoms with van der Waals surface area (Å²) in [6.07, 6.45) is 0. The molecular formula is C14H10BrF2NO2. The molecule has 3 nitrogen and oxygen atoms in total. The minimum Gasteiger partial charge on any atom is -0.494 e. The summed E-state index contributed by atoms with van der Waals surface area (Å²) in [7, 11) is 1.34. The second-order valence-corrected chi connectivity index (χ2v) is 4.78. The van der Waals surface area contributed by atoms with Gasteiger partial charge in [-0.25, -0.2) is 8.78 Å². The van der Waals surface area contributed by atoms with Crippen molar-refractivity contribution in [1.29, 1.82) is 0 Å². The second kappa shape index (κ2) is 6.00. The minimum atomic E-state index is -0.627. The maximum atomic E-state index is 13.5. The third kappa shape index (κ3) is 3.14. The number of nitrogens with one attached hydrogen (secondary N) is 1. The summed E-state index contributed by atoms with van der Waals surface area (Å²) < 4.78 is 31.6. The molecule has 0 radical (unpaired) electrons. The Hall–Kier alpha value is -1.95. The highest BCUT2D eigenvalue weighted by molar-refractivity contribution is 9.10. The predicted molar refractivity (Wildman–Crippen MR) is 75.0 cm³/mol. The van der Waals surface area contributed by atoms with Gasteiger partial charge in [-0.3, -0.25) is 4.79 Å². The van der Waals surface area contributed by atoms with Crippen molar-refractivity contribution in [1.82, 2.24) is 0 Å². The minimum absolute atomic E-state index is 0.0597. The quantitative estimate of drug-likeness (QED) is 0.916. The first-order valence-electron chi connectivity index (χ1n) is 5.61. The van der Waals surface area contributed by atoms with E-state index in [-0.39, 0.29) is 11.3 Å². The van der Waals surface area contributed by atoms with Crippen LogP contribution in [0, 0.1) is 11.6 Å². The van der Waals surface area contributed by atoms with Crippen LogP contribution in [0.25, 0.3) is 0 Å². The third-order valence-corrected chi connectivity index (χ3v) is 3.25. The van der Waals surface area contributed by atoms with E-state index in [0.29, 0.717) is 10.2 Å². The van der Waals surface area contributed by atoms with Gasteiger partial charge < -0.3 is 10.1 Å². The lowest BCUT2D eigenvalue weighted by Gasteiger charge is -2.08. The average Bonchev–Trinajstić information content (AvgIpc) is 2.41. The molecule has 2 aromatic rings. The SMILES string of the molecule is COc1ccc(C(=O)Nc2ccc(F)cc2Br)cc1F. The molecule has 0 fully saturated rings. The molecular weight excluding hydrogens is 332 g/mol. The Kier molecular flexibility index (Phi) is 4.34. The monoisotopic (exact) mass is 341 g/mol. The van der Waals surface area contributed by atoms with Crippen LogP contribution in [0.4, 0.5) is 14.5 Å². The third-order valence-electron chi connectivity index (χ3n) is 2.59. The van der Waals surface area contributed by atoms with Gasteiger partial charge in [-0.2, -0.15) is 0 Å². The molecule has 1 amide bonds. The standard InChI is InChI=1S/C14H10BrF2NO2/c1-20-13-5-2-8(6-11(13)17)14(19)18-12-4-3-9(16)7-10(12)15/h2-7H,1H3,(H,18,19). The molecule has 2 rings (SSSR count). The fourth-order valence-electron chi connectivity index (χ4n) is 1.59. The summed E-state index contributed by atoms with van der Waals surface area (Å²) in [5.41, 5.74) is 0.534. The number of amides is 1. The van der Waals surface area contributed by atoms with Crippen molar-refractivity contribution in [2.45, 2.75) is 0 Å². The molecule has 0 saturated carbocycles. The first-order chi connectivity index (χ1) is 9.51. The Balaban J connectivity index is 2.21. The summed E-state index contributed by atoms with van der Waals surface area (Å²) in [5, 5.41) is 2.56. The summed E-state index contributed by atoms with van der Waals surface area (Å²) in [6.45, 7) is 0. The van der Waals surface area contributed by atoms with E-state index < -0.39 is 17.5 Å². The van der Waals surface area contributed by atoms with Crippen molar-refractivity contribution in [3.05, 3.63) is 58.1 Å². The second-order valence-electron chi connectivity index (χ2n) is 3.93. The van der Waals surface area contributed by atoms with E-state index in [1.54, 1.807) is 0 Å². The molecule has 0 aliphatic heterocycles. The number of methoxy groups -OCH3 is 1. The normalized spacial score (nSPS) is 10.2. The molecule has 0 aliphatic carbocycles. The Labute approximate surface area is 122 Å². The van der Waals surface area contributed by atoms with Gasteiger partial charge in [0.15, 0.2) is 11.6 Å². The molecule has 1 N–H and O–H groups in total. The van der Waals surface area contributed by atoms with Gasteiger partial charge in [-0.05, 0) is 52.3 Å². The van der Waals surface area contributed by atoms with Crippen LogP contribution in [0.2, 0.25) is 0 Å². The van der Waals surface area contributed by atoms with Crippen LogP contribution >= 0.6 is 15.9 Å². The first kappa shape index (κ1) is 14.5. The van der Waals surface area contributed by atoms with Crippen molar-refractivity contribution >= 4 is 27.5 Å². The average molecular weight is 342 g/mol. The number of carbonyl (C=O) groups is 1. The molecule has 6 heteroatoms. The Morgan fingerprint density at radius 2 is 1.95 bits per heavy atom. The van der Waals surface area contributed by atoms with Crippen molar-refractivity contribution in [3.63, 3.8) is 0 Å². The molecule has 0 spiro atoms. The molecule has 0 aromatic heterocycles. The highest BCUT2D eigenvalue weighted by Crippen LogP contribution is 2.24. The molecule has 0 heterocycles. The lowest BCUT2D eigenvalue weighted by atomic mass is 10.2. The lowest BCUT2D eigenvalue weighted by Crippen LogP contribution is -2.12. The fourth-order valence-corrected chi connectivity index (χ4v) is 2.04. The molecule has 0 unspecified atom stereocenters. The van der Waals surface area contributed by atoms with E-state index in [0.717, 1.165) is 6.07 Å². The zero-order chi connectivity index (χ0) is 14.7. The van der Waals surface area contributed by atoms with E-state index in [9.17, 15) is 13.6 Å². The number of hydrogen-bond donors (Lipinski definition) is 1. The molecule has 20 heavy (non-hydrogen) atoms. The number of rotatable bonds is 3. The van der Waals surface area contributed by atoms with Crippen molar-refractivity contribution in [2.75, 3.05) is 12.4 Å². The lowest BCUT2D eigenvalue weighted by molar-refractivity contribution is 0.102. The van der Waals surface area contributed by atoms with Crippen LogP contribution in [0.1, 0.15) is 10.4 Å². The molecule has 2 aromatic carbocycles. The largest absolute Gasteiger partial charge is 0.494 e. The van der Waals surface area contributed by atoms with E-state index in [4.69, 9.17) is 4.74 Å². The number of anilines is 1. The van der Waals surface area contributed by atoms with Crippen molar-refractivity contribution < 1.29 is 18.3 Å². The van der Waals surface area contributed by atoms with E-state index >= 15 is 0 Å². The van der Waals surface area contributed by atoms with Gasteiger partial charge in [0.25, 0.3) is 5.91 Å². The Bertz CT molecular complexity index is 662. The summed E-state index contributed by atoms with van der Waals surface area (Å²) >= 11 is 3.14. The molecule has 0 atom stereocenters. The molecule has 0 saturated heterocycles. The number of carbonyl (C=O) groups excluding carboxylic acids is 1. The van der Waals surface area contributed by atoms with Gasteiger partial charge in [0.1, 0.15) is 5.82 Å². The topological polar surface area (TPSA) is 38.3 Å². The summed E-state index contributed by atoms with van der Waals surface area (Å²) in [5.74, 6) is -1.49. The zero-order valence-electron chi connectivity index (χ0n) is 10.4. The Morgan fingerprint density at radius 1 is 1.20 bits per heavy atom. The molecule has 0 bridgehead atoms. The highest BCUT2D eigenvalue weighted by atomic mass is 79.9. The van der Waals surface area contributed by atoms with Gasteiger partial charge in [-0.1, -0.05) is 0 Å². The number of halogens is 3. The van der Waals surface area contributed by atoms with Crippen LogP contribution < -0.4 is 10.1 Å². The van der Waals surface area contributed by atoms with Gasteiger partial charge in [0.05, 0.1) is 12.8 Å². The predicted octanol–water partition coefficient (Wildman–Crippen LogP) is 3.99. The smallest absolute Gasteiger partial charge is 0.255 e. The molecule has 0 aliphatic rings. The number of benzene rings is 2. The van der Waals surface area contributed by atoms with Crippen LogP contribution in [0.5, 0.6) is 5.75 Å². The fraction of sp³-hybridized carbons (Fsp3) is 0.0714. The maximum Gasteiger partial charge on any atom is 0.255 e. The van der Waals surface area contributed by atoms with E-state index in [2.05, 4.69) is 21.2 Å². The number of ether oxygens (including phenoxy) is 1. The van der Waals surface area contributed by atoms with E-state index in [1.165, 1.54) is 37.4 Å². The van der Waals surface area contributed by atoms with Crippen molar-refractivity contribution in [3.8, 4) is 5.75 Å². The van der Waals surface area contributed by atoms with Crippen molar-refractivity contribution in [2.24, 2.45) is 0 Å². The molecule has 104 valence electrons. The van der Waals surface area contributed by atoms with E-state index in [1.807, 2.05) is 0 Å². The Morgan fingerprint density at radius 3 is 2.55 bits per heavy atom. The highest BCUT2D eigenvalue weighted by Gasteiger charge is 2.12. The number of hydrogen-bond acceptors (Lipinski definition) is 2. The summed E-state index contributed by atoms with van der Waals surface area (Å²) in [4.78, 5) is 12.0. The van der Waals surface area contributed by atoms with Crippen LogP contribution in [-0.2, 0) is 0 Å². The summed E-state index contributed by atoms with van der Waals surface area (Å²) in [6, 6.07) is 7.74. The van der Waals surface area contributed by atoms with Gasteiger partial charge >= 0.3 is 0 Å².